The Bertz CT molecular complexity index is 803. The van der Waals surface area contributed by atoms with Gasteiger partial charge in [-0.25, -0.2) is 0 Å². The van der Waals surface area contributed by atoms with Gasteiger partial charge in [-0.2, -0.15) is 0 Å². The Kier molecular flexibility index (Phi) is 8.08. The lowest BCUT2D eigenvalue weighted by atomic mass is 10.0. The van der Waals surface area contributed by atoms with Gasteiger partial charge in [0.05, 0.1) is 12.7 Å². The second kappa shape index (κ2) is 11.4. The first-order chi connectivity index (χ1) is 15.3. The first-order valence-corrected chi connectivity index (χ1v) is 11.5. The molecule has 1 aliphatic heterocycles. The van der Waals surface area contributed by atoms with E-state index in [4.69, 9.17) is 4.74 Å². The minimum absolute atomic E-state index is 0.0294. The molecule has 4 nitrogen and oxygen atoms in total. The van der Waals surface area contributed by atoms with Crippen LogP contribution in [0.2, 0.25) is 0 Å². The zero-order valence-electron chi connectivity index (χ0n) is 18.3. The van der Waals surface area contributed by atoms with Crippen LogP contribution in [0.15, 0.2) is 84.5 Å². The summed E-state index contributed by atoms with van der Waals surface area (Å²) in [6, 6.07) is 20.9. The van der Waals surface area contributed by atoms with Gasteiger partial charge in [-0.1, -0.05) is 84.5 Å². The number of piperazine rings is 1. The molecule has 2 aromatic rings. The van der Waals surface area contributed by atoms with E-state index < -0.39 is 0 Å². The topological polar surface area (TPSA) is 35.9 Å². The zero-order chi connectivity index (χ0) is 21.3. The Morgan fingerprint density at radius 2 is 1.45 bits per heavy atom. The quantitative estimate of drug-likeness (QED) is 0.632. The standard InChI is InChI=1S/C27H34N2O2/c30-26(21-23-9-7-8-10-23)22-29-17-15-28(16-18-29)19-20-31-27(24-11-3-1-4-12-24)25-13-5-2-6-14-25/h1-9,11-14,26-27,30H,10,15-22H2. The van der Waals surface area contributed by atoms with E-state index in [-0.39, 0.29) is 12.2 Å². The number of β-amino-alcohol motifs (C(OH)–C–C–N with tert-alkyl or cyclic N) is 1. The largest absolute Gasteiger partial charge is 0.391 e. The highest BCUT2D eigenvalue weighted by atomic mass is 16.5. The average Bonchev–Trinajstić information content (AvgIpc) is 3.32. The van der Waals surface area contributed by atoms with E-state index in [0.717, 1.165) is 52.1 Å². The van der Waals surface area contributed by atoms with E-state index in [1.807, 2.05) is 12.1 Å². The molecule has 2 aromatic carbocycles. The number of ether oxygens (including phenoxy) is 1. The summed E-state index contributed by atoms with van der Waals surface area (Å²) in [4.78, 5) is 4.86. The summed E-state index contributed by atoms with van der Waals surface area (Å²) in [6.45, 7) is 6.49. The van der Waals surface area contributed by atoms with Crippen LogP contribution >= 0.6 is 0 Å². The molecule has 4 heteroatoms. The highest BCUT2D eigenvalue weighted by Crippen LogP contribution is 2.25. The number of aliphatic hydroxyl groups is 1. The Hall–Kier alpha value is -2.24. The number of hydrogen-bond donors (Lipinski definition) is 1. The monoisotopic (exact) mass is 418 g/mol. The maximum Gasteiger partial charge on any atom is 0.108 e. The number of rotatable bonds is 10. The van der Waals surface area contributed by atoms with Crippen molar-refractivity contribution in [2.24, 2.45) is 0 Å². The molecule has 1 unspecified atom stereocenters. The molecule has 0 aromatic heterocycles. The Morgan fingerprint density at radius 1 is 0.839 bits per heavy atom. The van der Waals surface area contributed by atoms with Crippen molar-refractivity contribution in [3.63, 3.8) is 0 Å². The molecule has 4 rings (SSSR count). The van der Waals surface area contributed by atoms with E-state index in [2.05, 4.69) is 76.6 Å². The SMILES string of the molecule is OC(CC1=CC=CC1)CN1CCN(CCOC(c2ccccc2)c2ccccc2)CC1. The lowest BCUT2D eigenvalue weighted by molar-refractivity contribution is 0.0353. The van der Waals surface area contributed by atoms with Gasteiger partial charge in [0.1, 0.15) is 6.10 Å². The van der Waals surface area contributed by atoms with Crippen LogP contribution in [0.25, 0.3) is 0 Å². The number of aliphatic hydroxyl groups excluding tert-OH is 1. The second-order valence-electron chi connectivity index (χ2n) is 8.53. The number of hydrogen-bond acceptors (Lipinski definition) is 4. The van der Waals surface area contributed by atoms with Crippen LogP contribution in [0.3, 0.4) is 0 Å². The lowest BCUT2D eigenvalue weighted by Gasteiger charge is -2.35. The average molecular weight is 419 g/mol. The fraction of sp³-hybridized carbons (Fsp3) is 0.407. The zero-order valence-corrected chi connectivity index (χ0v) is 18.3. The van der Waals surface area contributed by atoms with Gasteiger partial charge >= 0.3 is 0 Å². The highest BCUT2D eigenvalue weighted by Gasteiger charge is 2.21. The molecule has 1 N–H and O–H groups in total. The van der Waals surface area contributed by atoms with E-state index in [1.54, 1.807) is 0 Å². The second-order valence-corrected chi connectivity index (χ2v) is 8.53. The van der Waals surface area contributed by atoms with Gasteiger partial charge in [0.25, 0.3) is 0 Å². The van der Waals surface area contributed by atoms with Gasteiger partial charge in [0.15, 0.2) is 0 Å². The van der Waals surface area contributed by atoms with Crippen molar-refractivity contribution < 1.29 is 9.84 Å². The molecule has 0 bridgehead atoms. The minimum atomic E-state index is -0.265. The first kappa shape index (κ1) is 22.0. The van der Waals surface area contributed by atoms with Crippen molar-refractivity contribution in [3.8, 4) is 0 Å². The summed E-state index contributed by atoms with van der Waals surface area (Å²) < 4.78 is 6.38. The molecule has 31 heavy (non-hydrogen) atoms. The van der Waals surface area contributed by atoms with E-state index in [9.17, 15) is 5.11 Å². The number of benzene rings is 2. The van der Waals surface area contributed by atoms with Gasteiger partial charge in [-0.15, -0.1) is 0 Å². The van der Waals surface area contributed by atoms with Crippen molar-refractivity contribution in [3.05, 3.63) is 95.6 Å². The Morgan fingerprint density at radius 3 is 2.03 bits per heavy atom. The molecule has 0 amide bonds. The van der Waals surface area contributed by atoms with Gasteiger partial charge in [-0.05, 0) is 24.0 Å². The molecule has 2 aliphatic rings. The summed E-state index contributed by atoms with van der Waals surface area (Å²) in [5.74, 6) is 0. The maximum absolute atomic E-state index is 10.4. The Balaban J connectivity index is 1.21. The number of nitrogens with zero attached hydrogens (tertiary/aromatic N) is 2. The molecular formula is C27H34N2O2. The molecule has 1 aliphatic carbocycles. The fourth-order valence-corrected chi connectivity index (χ4v) is 4.44. The third-order valence-corrected chi connectivity index (χ3v) is 6.18. The van der Waals surface area contributed by atoms with Crippen molar-refractivity contribution >= 4 is 0 Å². The fourth-order valence-electron chi connectivity index (χ4n) is 4.44. The lowest BCUT2D eigenvalue weighted by Crippen LogP contribution is -2.49. The minimum Gasteiger partial charge on any atom is -0.391 e. The van der Waals surface area contributed by atoms with Crippen LogP contribution in [-0.4, -0.2) is 66.9 Å². The molecule has 0 radical (unpaired) electrons. The molecule has 0 saturated carbocycles. The third kappa shape index (κ3) is 6.62. The van der Waals surface area contributed by atoms with Crippen molar-refractivity contribution in [1.82, 2.24) is 9.80 Å². The molecule has 0 spiro atoms. The maximum atomic E-state index is 10.4. The predicted octanol–water partition coefficient (Wildman–Crippen LogP) is 4.05. The van der Waals surface area contributed by atoms with Crippen molar-refractivity contribution in [1.29, 1.82) is 0 Å². The van der Waals surface area contributed by atoms with Crippen LogP contribution in [0, 0.1) is 0 Å². The van der Waals surface area contributed by atoms with Crippen molar-refractivity contribution in [2.75, 3.05) is 45.9 Å². The van der Waals surface area contributed by atoms with Crippen LogP contribution in [0.5, 0.6) is 0 Å². The normalized spacial score (nSPS) is 18.5. The molecular weight excluding hydrogens is 384 g/mol. The summed E-state index contributed by atoms with van der Waals surface area (Å²) in [6.07, 6.45) is 7.88. The number of allylic oxidation sites excluding steroid dienone is 3. The van der Waals surface area contributed by atoms with E-state index >= 15 is 0 Å². The van der Waals surface area contributed by atoms with Crippen LogP contribution in [0.4, 0.5) is 0 Å². The van der Waals surface area contributed by atoms with E-state index in [0.29, 0.717) is 6.61 Å². The predicted molar refractivity (Wildman–Crippen MR) is 126 cm³/mol. The Labute approximate surface area is 186 Å². The molecule has 164 valence electrons. The van der Waals surface area contributed by atoms with Crippen LogP contribution in [-0.2, 0) is 4.74 Å². The van der Waals surface area contributed by atoms with Gasteiger partial charge in [-0.3, -0.25) is 9.80 Å². The van der Waals surface area contributed by atoms with Crippen molar-refractivity contribution in [2.45, 2.75) is 25.0 Å². The summed E-state index contributed by atoms with van der Waals surface area (Å²) in [7, 11) is 0. The highest BCUT2D eigenvalue weighted by molar-refractivity contribution is 5.29. The van der Waals surface area contributed by atoms with Gasteiger partial charge in [0.2, 0.25) is 0 Å². The molecule has 1 atom stereocenters. The third-order valence-electron chi connectivity index (χ3n) is 6.18. The molecule has 1 fully saturated rings. The summed E-state index contributed by atoms with van der Waals surface area (Å²) in [5.41, 5.74) is 3.73. The summed E-state index contributed by atoms with van der Waals surface area (Å²) >= 11 is 0. The van der Waals surface area contributed by atoms with Crippen LogP contribution < -0.4 is 0 Å². The first-order valence-electron chi connectivity index (χ1n) is 11.5. The van der Waals surface area contributed by atoms with Crippen LogP contribution in [0.1, 0.15) is 30.1 Å². The molecule has 1 saturated heterocycles. The van der Waals surface area contributed by atoms with Gasteiger partial charge in [0, 0.05) is 39.3 Å². The van der Waals surface area contributed by atoms with E-state index in [1.165, 1.54) is 16.7 Å². The molecule has 1 heterocycles. The van der Waals surface area contributed by atoms with Gasteiger partial charge < -0.3 is 9.84 Å². The summed E-state index contributed by atoms with van der Waals surface area (Å²) in [5, 5.41) is 10.4. The smallest absolute Gasteiger partial charge is 0.108 e.